The highest BCUT2D eigenvalue weighted by Crippen LogP contribution is 2.31. The van der Waals surface area contributed by atoms with Crippen LogP contribution in [-0.4, -0.2) is 14.2 Å². The summed E-state index contributed by atoms with van der Waals surface area (Å²) in [6.45, 7) is 2.99. The van der Waals surface area contributed by atoms with Gasteiger partial charge in [-0.05, 0) is 29.7 Å². The van der Waals surface area contributed by atoms with E-state index in [1.165, 1.54) is 11.1 Å². The first kappa shape index (κ1) is 14.3. The summed E-state index contributed by atoms with van der Waals surface area (Å²) in [6, 6.07) is 14.6. The first-order valence-corrected chi connectivity index (χ1v) is 6.87. The van der Waals surface area contributed by atoms with Gasteiger partial charge in [0.15, 0.2) is 0 Å². The molecule has 0 aliphatic heterocycles. The van der Waals surface area contributed by atoms with Crippen LogP contribution in [0.25, 0.3) is 0 Å². The van der Waals surface area contributed by atoms with E-state index in [0.717, 1.165) is 24.4 Å². The summed E-state index contributed by atoms with van der Waals surface area (Å²) in [5.74, 6) is 0.718. The first-order chi connectivity index (χ1) is 9.65. The van der Waals surface area contributed by atoms with E-state index in [2.05, 4.69) is 36.1 Å². The van der Waals surface area contributed by atoms with Crippen molar-refractivity contribution in [2.45, 2.75) is 19.9 Å². The van der Waals surface area contributed by atoms with Crippen molar-refractivity contribution in [3.63, 3.8) is 0 Å². The van der Waals surface area contributed by atoms with E-state index in [1.807, 2.05) is 25.2 Å². The average Bonchev–Trinajstić information content (AvgIpc) is 2.48. The average molecular weight is 270 g/mol. The fourth-order valence-electron chi connectivity index (χ4n) is 2.28. The number of methoxy groups -OCH3 is 1. The Morgan fingerprint density at radius 3 is 2.30 bits per heavy atom. The molecule has 0 fully saturated rings. The van der Waals surface area contributed by atoms with Crippen molar-refractivity contribution in [3.05, 3.63) is 53.6 Å². The van der Waals surface area contributed by atoms with Crippen LogP contribution in [0, 0.1) is 0 Å². The van der Waals surface area contributed by atoms with E-state index in [1.54, 1.807) is 7.11 Å². The highest BCUT2D eigenvalue weighted by molar-refractivity contribution is 5.73. The van der Waals surface area contributed by atoms with Gasteiger partial charge in [0.05, 0.1) is 18.5 Å². The Bertz CT molecular complexity index is 564. The lowest BCUT2D eigenvalue weighted by molar-refractivity contribution is 0.417. The second kappa shape index (κ2) is 6.33. The Morgan fingerprint density at radius 2 is 1.70 bits per heavy atom. The molecular formula is C17H22N2O. The Morgan fingerprint density at radius 1 is 1.05 bits per heavy atom. The molecule has 0 unspecified atom stereocenters. The summed E-state index contributed by atoms with van der Waals surface area (Å²) in [5.41, 5.74) is 10.4. The van der Waals surface area contributed by atoms with Crippen LogP contribution in [0.15, 0.2) is 42.5 Å². The zero-order valence-electron chi connectivity index (χ0n) is 12.4. The molecule has 2 aromatic carbocycles. The molecule has 0 bridgehead atoms. The predicted octanol–water partition coefficient (Wildman–Crippen LogP) is 3.48. The standard InChI is InChI=1S/C17H22N2O/c1-4-13-8-10-14(11-9-13)12-19(2)15-6-5-7-16(20-3)17(15)18/h5-11H,4,12,18H2,1-3H3. The molecule has 3 heteroatoms. The second-order valence-electron chi connectivity index (χ2n) is 4.92. The van der Waals surface area contributed by atoms with Crippen LogP contribution in [0.2, 0.25) is 0 Å². The fraction of sp³-hybridized carbons (Fsp3) is 0.294. The van der Waals surface area contributed by atoms with Gasteiger partial charge in [0.1, 0.15) is 5.75 Å². The van der Waals surface area contributed by atoms with Gasteiger partial charge in [-0.15, -0.1) is 0 Å². The SMILES string of the molecule is CCc1ccc(CN(C)c2cccc(OC)c2N)cc1. The van der Waals surface area contributed by atoms with Crippen molar-refractivity contribution in [3.8, 4) is 5.75 Å². The summed E-state index contributed by atoms with van der Waals surface area (Å²) in [5, 5.41) is 0. The number of rotatable bonds is 5. The quantitative estimate of drug-likeness (QED) is 0.845. The van der Waals surface area contributed by atoms with Gasteiger partial charge in [-0.25, -0.2) is 0 Å². The van der Waals surface area contributed by atoms with Crippen molar-refractivity contribution < 1.29 is 4.74 Å². The third-order valence-corrected chi connectivity index (χ3v) is 3.53. The highest BCUT2D eigenvalue weighted by Gasteiger charge is 2.09. The molecule has 0 aromatic heterocycles. The van der Waals surface area contributed by atoms with Crippen molar-refractivity contribution in [1.82, 2.24) is 0 Å². The predicted molar refractivity (Wildman–Crippen MR) is 85.3 cm³/mol. The zero-order valence-corrected chi connectivity index (χ0v) is 12.4. The van der Waals surface area contributed by atoms with Gasteiger partial charge >= 0.3 is 0 Å². The molecule has 2 N–H and O–H groups in total. The van der Waals surface area contributed by atoms with Crippen LogP contribution in [0.3, 0.4) is 0 Å². The van der Waals surface area contributed by atoms with Crippen LogP contribution in [0.1, 0.15) is 18.1 Å². The molecule has 2 aromatic rings. The number of ether oxygens (including phenoxy) is 1. The summed E-state index contributed by atoms with van der Waals surface area (Å²) in [4.78, 5) is 2.14. The number of nitrogen functional groups attached to an aromatic ring is 1. The molecule has 0 saturated carbocycles. The number of anilines is 2. The summed E-state index contributed by atoms with van der Waals surface area (Å²) >= 11 is 0. The molecule has 106 valence electrons. The van der Waals surface area contributed by atoms with Crippen LogP contribution in [-0.2, 0) is 13.0 Å². The van der Waals surface area contributed by atoms with Gasteiger partial charge in [-0.2, -0.15) is 0 Å². The molecular weight excluding hydrogens is 248 g/mol. The van der Waals surface area contributed by atoms with Crippen molar-refractivity contribution >= 4 is 11.4 Å². The third kappa shape index (κ3) is 3.05. The van der Waals surface area contributed by atoms with Crippen LogP contribution in [0.5, 0.6) is 5.75 Å². The Hall–Kier alpha value is -2.16. The summed E-state index contributed by atoms with van der Waals surface area (Å²) in [7, 11) is 3.68. The van der Waals surface area contributed by atoms with E-state index >= 15 is 0 Å². The Kier molecular flexibility index (Phi) is 4.51. The molecule has 0 radical (unpaired) electrons. The molecule has 20 heavy (non-hydrogen) atoms. The zero-order chi connectivity index (χ0) is 14.5. The number of aryl methyl sites for hydroxylation is 1. The van der Waals surface area contributed by atoms with Gasteiger partial charge in [0.2, 0.25) is 0 Å². The summed E-state index contributed by atoms with van der Waals surface area (Å²) in [6.07, 6.45) is 1.07. The van der Waals surface area contributed by atoms with Gasteiger partial charge in [0.25, 0.3) is 0 Å². The molecule has 0 amide bonds. The smallest absolute Gasteiger partial charge is 0.143 e. The fourth-order valence-corrected chi connectivity index (χ4v) is 2.28. The normalized spacial score (nSPS) is 10.3. The van der Waals surface area contributed by atoms with E-state index in [-0.39, 0.29) is 0 Å². The Balaban J connectivity index is 2.16. The largest absolute Gasteiger partial charge is 0.495 e. The van der Waals surface area contributed by atoms with Crippen molar-refractivity contribution in [1.29, 1.82) is 0 Å². The maximum absolute atomic E-state index is 6.13. The second-order valence-corrected chi connectivity index (χ2v) is 4.92. The minimum absolute atomic E-state index is 0.683. The van der Waals surface area contributed by atoms with Gasteiger partial charge in [-0.1, -0.05) is 37.3 Å². The number of nitrogens with two attached hydrogens (primary N) is 1. The minimum atomic E-state index is 0.683. The molecule has 0 atom stereocenters. The van der Waals surface area contributed by atoms with Crippen molar-refractivity contribution in [2.75, 3.05) is 24.8 Å². The van der Waals surface area contributed by atoms with Crippen molar-refractivity contribution in [2.24, 2.45) is 0 Å². The van der Waals surface area contributed by atoms with Gasteiger partial charge in [-0.3, -0.25) is 0 Å². The lowest BCUT2D eigenvalue weighted by Gasteiger charge is -2.22. The van der Waals surface area contributed by atoms with Crippen LogP contribution in [0.4, 0.5) is 11.4 Å². The molecule has 0 spiro atoms. The number of hydrogen-bond acceptors (Lipinski definition) is 3. The van der Waals surface area contributed by atoms with E-state index in [9.17, 15) is 0 Å². The third-order valence-electron chi connectivity index (χ3n) is 3.53. The molecule has 0 aliphatic carbocycles. The lowest BCUT2D eigenvalue weighted by Crippen LogP contribution is -2.18. The topological polar surface area (TPSA) is 38.5 Å². The number of hydrogen-bond donors (Lipinski definition) is 1. The number of benzene rings is 2. The minimum Gasteiger partial charge on any atom is -0.495 e. The monoisotopic (exact) mass is 270 g/mol. The van der Waals surface area contributed by atoms with Gasteiger partial charge in [0, 0.05) is 13.6 Å². The molecule has 3 nitrogen and oxygen atoms in total. The lowest BCUT2D eigenvalue weighted by atomic mass is 10.1. The number of nitrogens with zero attached hydrogens (tertiary/aromatic N) is 1. The maximum Gasteiger partial charge on any atom is 0.143 e. The van der Waals surface area contributed by atoms with Crippen LogP contribution >= 0.6 is 0 Å². The molecule has 0 aliphatic rings. The van der Waals surface area contributed by atoms with Crippen LogP contribution < -0.4 is 15.4 Å². The van der Waals surface area contributed by atoms with Gasteiger partial charge < -0.3 is 15.4 Å². The Labute approximate surface area is 121 Å². The highest BCUT2D eigenvalue weighted by atomic mass is 16.5. The molecule has 0 saturated heterocycles. The van der Waals surface area contributed by atoms with E-state index < -0.39 is 0 Å². The van der Waals surface area contributed by atoms with E-state index in [4.69, 9.17) is 10.5 Å². The molecule has 0 heterocycles. The molecule has 2 rings (SSSR count). The summed E-state index contributed by atoms with van der Waals surface area (Å²) < 4.78 is 5.26. The van der Waals surface area contributed by atoms with E-state index in [0.29, 0.717) is 5.69 Å². The maximum atomic E-state index is 6.13. The number of para-hydroxylation sites is 1. The first-order valence-electron chi connectivity index (χ1n) is 6.87.